The van der Waals surface area contributed by atoms with E-state index in [1.807, 2.05) is 43.3 Å². The van der Waals surface area contributed by atoms with Gasteiger partial charge in [0, 0.05) is 12.1 Å². The van der Waals surface area contributed by atoms with Gasteiger partial charge in [-0.15, -0.1) is 0 Å². The van der Waals surface area contributed by atoms with Crippen LogP contribution in [-0.2, 0) is 6.42 Å². The Kier molecular flexibility index (Phi) is 9.03. The molecule has 51 heavy (non-hydrogen) atoms. The molecular formula is C48H39N3. The summed E-state index contributed by atoms with van der Waals surface area (Å²) in [5.74, 6) is 0.708. The summed E-state index contributed by atoms with van der Waals surface area (Å²) in [6, 6.07) is 55.4. The van der Waals surface area contributed by atoms with Crippen molar-refractivity contribution < 1.29 is 0 Å². The molecule has 0 aliphatic heterocycles. The molecule has 7 aromatic rings. The third kappa shape index (κ3) is 6.85. The lowest BCUT2D eigenvalue weighted by atomic mass is 9.90. The molecule has 3 nitrogen and oxygen atoms in total. The quantitative estimate of drug-likeness (QED) is 0.103. The molecule has 0 amide bonds. The van der Waals surface area contributed by atoms with Crippen molar-refractivity contribution in [3.05, 3.63) is 197 Å². The van der Waals surface area contributed by atoms with Gasteiger partial charge in [0.05, 0.1) is 0 Å². The minimum Gasteiger partial charge on any atom is -0.306 e. The number of nitrogens with two attached hydrogens (primary N) is 1. The van der Waals surface area contributed by atoms with Crippen LogP contribution in [0.3, 0.4) is 0 Å². The SMILES string of the molecule is CC(=NC(Cc1ccccc1)=NC(N)c1ccc(-c2cccc(C3=Cc4c(c5ccccc5c5ccccc45)C=CC3)c2)cc1)c1ccccc1. The van der Waals surface area contributed by atoms with Crippen molar-refractivity contribution in [2.45, 2.75) is 25.9 Å². The van der Waals surface area contributed by atoms with Crippen molar-refractivity contribution in [2.75, 3.05) is 0 Å². The molecule has 0 fully saturated rings. The summed E-state index contributed by atoms with van der Waals surface area (Å²) in [6.07, 6.45) is 7.94. The second-order valence-corrected chi connectivity index (χ2v) is 13.1. The first-order valence-corrected chi connectivity index (χ1v) is 17.6. The van der Waals surface area contributed by atoms with Crippen LogP contribution in [0.1, 0.15) is 52.9 Å². The second-order valence-electron chi connectivity index (χ2n) is 13.1. The number of amidine groups is 1. The molecule has 1 atom stereocenters. The fraction of sp³-hybridized carbons (Fsp3) is 0.0833. The van der Waals surface area contributed by atoms with E-state index in [0.717, 1.165) is 34.4 Å². The Bertz CT molecular complexity index is 2470. The Hall–Kier alpha value is -6.16. The van der Waals surface area contributed by atoms with E-state index in [1.54, 1.807) is 0 Å². The lowest BCUT2D eigenvalue weighted by Crippen LogP contribution is -2.13. The van der Waals surface area contributed by atoms with E-state index in [1.165, 1.54) is 49.4 Å². The number of fused-ring (bicyclic) bond motifs is 6. The van der Waals surface area contributed by atoms with Crippen LogP contribution >= 0.6 is 0 Å². The standard InChI is InChI=1S/C48H39N3/c1-33(35-16-6-3-7-17-35)50-47(30-34-14-4-2-5-15-34)51-48(49)37-28-26-36(27-29-37)38-18-12-19-39(31-38)40-20-13-25-45-43-23-9-8-21-41(43)42-22-10-11-24-44(42)46(45)32-40/h2-19,21-29,31-32,48H,20,30,49H2,1H3. The number of nitrogens with zero attached hydrogens (tertiary/aromatic N) is 2. The molecule has 1 aliphatic carbocycles. The minimum absolute atomic E-state index is 0.537. The van der Waals surface area contributed by atoms with Crippen molar-refractivity contribution in [3.63, 3.8) is 0 Å². The Morgan fingerprint density at radius 3 is 1.92 bits per heavy atom. The van der Waals surface area contributed by atoms with E-state index in [4.69, 9.17) is 15.7 Å². The molecular weight excluding hydrogens is 619 g/mol. The molecule has 0 bridgehead atoms. The summed E-state index contributed by atoms with van der Waals surface area (Å²) in [6.45, 7) is 2.02. The fourth-order valence-electron chi connectivity index (χ4n) is 7.11. The van der Waals surface area contributed by atoms with Crippen molar-refractivity contribution in [2.24, 2.45) is 15.7 Å². The normalized spacial score (nSPS) is 13.9. The zero-order valence-corrected chi connectivity index (χ0v) is 28.7. The monoisotopic (exact) mass is 657 g/mol. The molecule has 0 saturated heterocycles. The van der Waals surface area contributed by atoms with Crippen molar-refractivity contribution in [3.8, 4) is 11.1 Å². The molecule has 3 heteroatoms. The van der Waals surface area contributed by atoms with Gasteiger partial charge < -0.3 is 5.73 Å². The molecule has 2 N–H and O–H groups in total. The number of hydrogen-bond donors (Lipinski definition) is 1. The van der Waals surface area contributed by atoms with Crippen molar-refractivity contribution in [1.29, 1.82) is 0 Å². The summed E-state index contributed by atoms with van der Waals surface area (Å²) in [5.41, 5.74) is 18.2. The molecule has 0 saturated carbocycles. The van der Waals surface area contributed by atoms with Gasteiger partial charge in [-0.05, 0) is 97.1 Å². The van der Waals surface area contributed by atoms with Gasteiger partial charge in [0.1, 0.15) is 12.0 Å². The van der Waals surface area contributed by atoms with Gasteiger partial charge in [-0.25, -0.2) is 9.98 Å². The van der Waals surface area contributed by atoms with Crippen LogP contribution in [0.2, 0.25) is 0 Å². The van der Waals surface area contributed by atoms with E-state index in [-0.39, 0.29) is 0 Å². The van der Waals surface area contributed by atoms with Crippen LogP contribution in [0.15, 0.2) is 174 Å². The van der Waals surface area contributed by atoms with Crippen LogP contribution in [-0.4, -0.2) is 11.5 Å². The maximum Gasteiger partial charge on any atom is 0.130 e. The summed E-state index contributed by atoms with van der Waals surface area (Å²) < 4.78 is 0. The summed E-state index contributed by atoms with van der Waals surface area (Å²) in [7, 11) is 0. The van der Waals surface area contributed by atoms with Crippen LogP contribution < -0.4 is 5.73 Å². The van der Waals surface area contributed by atoms with E-state index in [2.05, 4.69) is 140 Å². The second kappa shape index (κ2) is 14.4. The maximum atomic E-state index is 6.73. The van der Waals surface area contributed by atoms with Gasteiger partial charge in [-0.1, -0.05) is 164 Å². The van der Waals surface area contributed by atoms with Gasteiger partial charge in [0.15, 0.2) is 0 Å². The van der Waals surface area contributed by atoms with E-state index in [0.29, 0.717) is 12.3 Å². The zero-order chi connectivity index (χ0) is 34.6. The lowest BCUT2D eigenvalue weighted by Gasteiger charge is -2.14. The molecule has 0 heterocycles. The molecule has 1 aliphatic rings. The number of aliphatic imine (C=N–C) groups is 2. The summed E-state index contributed by atoms with van der Waals surface area (Å²) in [5, 5.41) is 5.17. The zero-order valence-electron chi connectivity index (χ0n) is 28.7. The smallest absolute Gasteiger partial charge is 0.130 e. The highest BCUT2D eigenvalue weighted by Crippen LogP contribution is 2.39. The minimum atomic E-state index is -0.537. The first-order chi connectivity index (χ1) is 25.1. The Balaban J connectivity index is 1.09. The number of rotatable bonds is 7. The van der Waals surface area contributed by atoms with Crippen LogP contribution in [0.25, 0.3) is 50.4 Å². The Morgan fingerprint density at radius 1 is 0.608 bits per heavy atom. The number of allylic oxidation sites excluding steroid dienone is 2. The van der Waals surface area contributed by atoms with Crippen molar-refractivity contribution >= 4 is 50.8 Å². The Morgan fingerprint density at radius 2 is 1.22 bits per heavy atom. The topological polar surface area (TPSA) is 50.7 Å². The molecule has 1 unspecified atom stereocenters. The van der Waals surface area contributed by atoms with Gasteiger partial charge in [-0.3, -0.25) is 0 Å². The van der Waals surface area contributed by atoms with Crippen molar-refractivity contribution in [1.82, 2.24) is 0 Å². The Labute approximate surface area is 299 Å². The van der Waals surface area contributed by atoms with Gasteiger partial charge in [0.25, 0.3) is 0 Å². The first kappa shape index (κ1) is 32.1. The van der Waals surface area contributed by atoms with Gasteiger partial charge in [-0.2, -0.15) is 0 Å². The molecule has 246 valence electrons. The fourth-order valence-corrected chi connectivity index (χ4v) is 7.11. The highest BCUT2D eigenvalue weighted by Gasteiger charge is 2.15. The largest absolute Gasteiger partial charge is 0.306 e. The third-order valence-electron chi connectivity index (χ3n) is 9.76. The third-order valence-corrected chi connectivity index (χ3v) is 9.76. The molecule has 0 aromatic heterocycles. The van der Waals surface area contributed by atoms with Gasteiger partial charge >= 0.3 is 0 Å². The van der Waals surface area contributed by atoms with Crippen LogP contribution in [0.5, 0.6) is 0 Å². The van der Waals surface area contributed by atoms with Crippen LogP contribution in [0.4, 0.5) is 0 Å². The lowest BCUT2D eigenvalue weighted by molar-refractivity contribution is 0.771. The van der Waals surface area contributed by atoms with Gasteiger partial charge in [0.2, 0.25) is 0 Å². The van der Waals surface area contributed by atoms with E-state index < -0.39 is 6.17 Å². The number of hydrogen-bond acceptors (Lipinski definition) is 2. The number of benzene rings is 7. The van der Waals surface area contributed by atoms with Crippen LogP contribution in [0, 0.1) is 0 Å². The molecule has 0 spiro atoms. The average molecular weight is 658 g/mol. The molecule has 8 rings (SSSR count). The predicted octanol–water partition coefficient (Wildman–Crippen LogP) is 11.7. The summed E-state index contributed by atoms with van der Waals surface area (Å²) >= 11 is 0. The summed E-state index contributed by atoms with van der Waals surface area (Å²) in [4.78, 5) is 9.90. The van der Waals surface area contributed by atoms with E-state index in [9.17, 15) is 0 Å². The first-order valence-electron chi connectivity index (χ1n) is 17.6. The maximum absolute atomic E-state index is 6.73. The predicted molar refractivity (Wildman–Crippen MR) is 218 cm³/mol. The molecule has 0 radical (unpaired) electrons. The van der Waals surface area contributed by atoms with E-state index >= 15 is 0 Å². The highest BCUT2D eigenvalue weighted by molar-refractivity contribution is 6.16. The highest BCUT2D eigenvalue weighted by atomic mass is 15.0. The average Bonchev–Trinajstić information content (AvgIpc) is 3.43. The molecule has 7 aromatic carbocycles.